The number of aromatic nitrogens is 1. The van der Waals surface area contributed by atoms with Crippen LogP contribution in [0.15, 0.2) is 35.5 Å². The summed E-state index contributed by atoms with van der Waals surface area (Å²) in [4.78, 5) is 110. The number of fused-ring (bicyclic) bond motifs is 1. The van der Waals surface area contributed by atoms with E-state index in [1.54, 1.807) is 58.2 Å². The van der Waals surface area contributed by atoms with Crippen molar-refractivity contribution in [2.24, 2.45) is 34.0 Å². The topological polar surface area (TPSA) is 376 Å². The minimum Gasteiger partial charge on any atom is -0.481 e. The Morgan fingerprint density at radius 3 is 1.95 bits per heavy atom. The summed E-state index contributed by atoms with van der Waals surface area (Å²) in [5, 5.41) is 45.0. The van der Waals surface area contributed by atoms with Gasteiger partial charge < -0.3 is 69.4 Å². The summed E-state index contributed by atoms with van der Waals surface area (Å²) < 4.78 is 0. The highest BCUT2D eigenvalue weighted by Gasteiger charge is 2.36. The van der Waals surface area contributed by atoms with Crippen molar-refractivity contribution in [3.05, 3.63) is 36.0 Å². The van der Waals surface area contributed by atoms with Gasteiger partial charge in [0.05, 0.1) is 25.1 Å². The Hall–Kier alpha value is -6.29. The van der Waals surface area contributed by atoms with E-state index in [1.165, 1.54) is 0 Å². The third-order valence-electron chi connectivity index (χ3n) is 9.12. The Morgan fingerprint density at radius 2 is 1.37 bits per heavy atom. The number of para-hydroxylation sites is 1. The number of carbonyl (C=O) groups is 8. The third-order valence-corrected chi connectivity index (χ3v) is 9.12. The van der Waals surface area contributed by atoms with Gasteiger partial charge in [-0.05, 0) is 49.7 Å². The lowest BCUT2D eigenvalue weighted by molar-refractivity contribution is -0.143. The zero-order valence-electron chi connectivity index (χ0n) is 34.3. The Bertz CT molecular complexity index is 1860. The summed E-state index contributed by atoms with van der Waals surface area (Å²) in [5.41, 5.74) is 17.7. The number of rotatable bonds is 25. The van der Waals surface area contributed by atoms with Gasteiger partial charge in [0.1, 0.15) is 30.2 Å². The quantitative estimate of drug-likeness (QED) is 0.0274. The Balaban J connectivity index is 2.25. The maximum atomic E-state index is 13.7. The van der Waals surface area contributed by atoms with E-state index in [2.05, 4.69) is 41.9 Å². The molecule has 1 aromatic carbocycles. The van der Waals surface area contributed by atoms with Gasteiger partial charge in [0.2, 0.25) is 35.4 Å². The highest BCUT2D eigenvalue weighted by molar-refractivity contribution is 5.98. The van der Waals surface area contributed by atoms with Crippen molar-refractivity contribution in [2.75, 3.05) is 13.1 Å². The van der Waals surface area contributed by atoms with Gasteiger partial charge in [0, 0.05) is 30.1 Å². The van der Waals surface area contributed by atoms with Crippen LogP contribution < -0.4 is 49.1 Å². The van der Waals surface area contributed by atoms with Gasteiger partial charge >= 0.3 is 11.9 Å². The number of aliphatic hydroxyl groups excluding tert-OH is 1. The third kappa shape index (κ3) is 16.5. The summed E-state index contributed by atoms with van der Waals surface area (Å²) in [6.45, 7) is 7.45. The largest absolute Gasteiger partial charge is 0.481 e. The van der Waals surface area contributed by atoms with Crippen LogP contribution in [0.1, 0.15) is 65.9 Å². The Kier molecular flexibility index (Phi) is 19.9. The van der Waals surface area contributed by atoms with Gasteiger partial charge in [-0.3, -0.25) is 38.6 Å². The number of amides is 6. The number of nitrogens with zero attached hydrogens (tertiary/aromatic N) is 1. The number of aromatic amines is 1. The predicted molar refractivity (Wildman–Crippen MR) is 218 cm³/mol. The number of carbonyl (C=O) groups excluding carboxylic acids is 6. The molecule has 6 amide bonds. The van der Waals surface area contributed by atoms with Crippen molar-refractivity contribution < 1.29 is 53.7 Å². The van der Waals surface area contributed by atoms with Crippen LogP contribution in [0.5, 0.6) is 0 Å². The lowest BCUT2D eigenvalue weighted by atomic mass is 10.0. The molecule has 2 rings (SSSR count). The molecular weight excluding hydrogens is 786 g/mol. The molecule has 1 aromatic heterocycles. The van der Waals surface area contributed by atoms with Crippen molar-refractivity contribution in [2.45, 2.75) is 109 Å². The number of H-pyrrole nitrogens is 1. The molecule has 0 unspecified atom stereocenters. The zero-order valence-corrected chi connectivity index (χ0v) is 34.3. The van der Waals surface area contributed by atoms with E-state index in [0.717, 1.165) is 12.4 Å². The average molecular weight is 846 g/mol. The normalized spacial score (nSPS) is 14.7. The van der Waals surface area contributed by atoms with Crippen LogP contribution in [-0.4, -0.2) is 129 Å². The number of aliphatic hydroxyl groups is 1. The van der Waals surface area contributed by atoms with Crippen molar-refractivity contribution >= 4 is 64.2 Å². The van der Waals surface area contributed by atoms with Crippen molar-refractivity contribution in [1.82, 2.24) is 36.9 Å². The molecule has 7 atom stereocenters. The van der Waals surface area contributed by atoms with E-state index < -0.39 is 109 Å². The summed E-state index contributed by atoms with van der Waals surface area (Å²) in [6.07, 6.45) is -0.534. The first-order valence-electron chi connectivity index (χ1n) is 19.4. The molecule has 0 saturated carbocycles. The maximum Gasteiger partial charge on any atom is 0.326 e. The minimum absolute atomic E-state index is 0.0232. The van der Waals surface area contributed by atoms with Gasteiger partial charge in [-0.15, -0.1) is 0 Å². The molecular formula is C38H59N11O11. The summed E-state index contributed by atoms with van der Waals surface area (Å²) in [7, 11) is 0. The fraction of sp³-hybridized carbons (Fsp3) is 0.553. The number of nitrogens with one attached hydrogen (secondary N) is 7. The number of carboxylic acids is 2. The lowest BCUT2D eigenvalue weighted by Crippen LogP contribution is -2.62. The summed E-state index contributed by atoms with van der Waals surface area (Å²) in [5.74, 6) is -9.27. The highest BCUT2D eigenvalue weighted by atomic mass is 16.4. The van der Waals surface area contributed by atoms with Crippen LogP contribution in [0, 0.1) is 11.8 Å². The first kappa shape index (κ1) is 49.9. The molecule has 0 aliphatic rings. The predicted octanol–water partition coefficient (Wildman–Crippen LogP) is -2.73. The van der Waals surface area contributed by atoms with Crippen molar-refractivity contribution in [1.29, 1.82) is 0 Å². The second-order valence-corrected chi connectivity index (χ2v) is 15.1. The van der Waals surface area contributed by atoms with Gasteiger partial charge in [-0.25, -0.2) is 4.79 Å². The van der Waals surface area contributed by atoms with Crippen LogP contribution >= 0.6 is 0 Å². The monoisotopic (exact) mass is 845 g/mol. The SMILES string of the molecule is CC(C)C[C@H](NC(=O)CNC(=O)[C@@H](N)CCCN=C(N)N)C(=O)N[C@@H](CC(=O)O)C(=O)N[C@H](C(=O)N[C@@H](Cc1c[nH]c2ccccc12)C(=O)N[C@H](C(=O)O)C(C)C)[C@@H](C)O. The van der Waals surface area contributed by atoms with E-state index in [4.69, 9.17) is 17.2 Å². The van der Waals surface area contributed by atoms with E-state index in [1.807, 2.05) is 0 Å². The molecule has 0 spiro atoms. The summed E-state index contributed by atoms with van der Waals surface area (Å²) >= 11 is 0. The molecule has 0 aliphatic carbocycles. The summed E-state index contributed by atoms with van der Waals surface area (Å²) in [6, 6.07) is -1.59. The van der Waals surface area contributed by atoms with Crippen LogP contribution in [0.25, 0.3) is 10.9 Å². The maximum absolute atomic E-state index is 13.7. The molecule has 0 saturated heterocycles. The number of hydrogen-bond donors (Lipinski definition) is 13. The molecule has 16 N–H and O–H groups in total. The van der Waals surface area contributed by atoms with Gasteiger partial charge in [-0.2, -0.15) is 0 Å². The molecule has 0 bridgehead atoms. The van der Waals surface area contributed by atoms with Gasteiger partial charge in [0.15, 0.2) is 5.96 Å². The van der Waals surface area contributed by atoms with Gasteiger partial charge in [0.25, 0.3) is 0 Å². The van der Waals surface area contributed by atoms with E-state index >= 15 is 0 Å². The second kappa shape index (κ2) is 24.0. The average Bonchev–Trinajstić information content (AvgIpc) is 3.57. The number of guanidine groups is 1. The standard InChI is InChI=1S/C38H59N11O11/c1-18(2)13-25(45-28(51)17-44-32(54)23(39)10-8-12-42-38(40)41)33(55)46-27(15-29(52)53)35(57)49-31(20(5)50)36(58)47-26(34(56)48-30(19(3)4)37(59)60)14-21-16-43-24-11-7-6-9-22(21)24/h6-7,9,11,16,18-20,23,25-27,30-31,43,50H,8,10,12-15,17,39H2,1-5H3,(H,44,54)(H,45,51)(H,46,55)(H,47,58)(H,48,56)(H,49,57)(H,52,53)(H,59,60)(H4,40,41,42)/t20-,23+,25+,26+,27+,30+,31+/m1/s1. The number of benzene rings is 1. The molecule has 0 radical (unpaired) electrons. The molecule has 22 nitrogen and oxygen atoms in total. The molecule has 332 valence electrons. The van der Waals surface area contributed by atoms with E-state index in [9.17, 15) is 53.7 Å². The number of aliphatic carboxylic acids is 2. The lowest BCUT2D eigenvalue weighted by Gasteiger charge is -2.28. The highest BCUT2D eigenvalue weighted by Crippen LogP contribution is 2.20. The molecule has 60 heavy (non-hydrogen) atoms. The molecule has 0 fully saturated rings. The van der Waals surface area contributed by atoms with Crippen LogP contribution in [0.2, 0.25) is 0 Å². The van der Waals surface area contributed by atoms with Crippen LogP contribution in [0.4, 0.5) is 0 Å². The fourth-order valence-corrected chi connectivity index (χ4v) is 5.97. The number of hydrogen-bond acceptors (Lipinski definition) is 11. The van der Waals surface area contributed by atoms with Crippen molar-refractivity contribution in [3.63, 3.8) is 0 Å². The van der Waals surface area contributed by atoms with E-state index in [-0.39, 0.29) is 37.7 Å². The first-order valence-corrected chi connectivity index (χ1v) is 19.4. The molecule has 22 heteroatoms. The van der Waals surface area contributed by atoms with Crippen LogP contribution in [0.3, 0.4) is 0 Å². The smallest absolute Gasteiger partial charge is 0.326 e. The minimum atomic E-state index is -1.83. The molecule has 2 aromatic rings. The molecule has 1 heterocycles. The fourth-order valence-electron chi connectivity index (χ4n) is 5.97. The molecule has 0 aliphatic heterocycles. The zero-order chi connectivity index (χ0) is 45.3. The number of carboxylic acid groups (broad SMARTS) is 2. The van der Waals surface area contributed by atoms with Gasteiger partial charge in [-0.1, -0.05) is 45.9 Å². The second-order valence-electron chi connectivity index (χ2n) is 15.1. The Labute approximate surface area is 346 Å². The van der Waals surface area contributed by atoms with E-state index in [0.29, 0.717) is 17.4 Å². The van der Waals surface area contributed by atoms with Crippen molar-refractivity contribution in [3.8, 4) is 0 Å². The Morgan fingerprint density at radius 1 is 0.767 bits per heavy atom. The first-order chi connectivity index (χ1) is 28.1. The number of aliphatic imine (C=N–C) groups is 1. The number of nitrogens with two attached hydrogens (primary N) is 3. The van der Waals surface area contributed by atoms with Crippen LogP contribution in [-0.2, 0) is 44.8 Å².